The fourth-order valence-electron chi connectivity index (χ4n) is 3.47. The minimum Gasteiger partial charge on any atom is -0.484 e. The van der Waals surface area contributed by atoms with Crippen LogP contribution in [0.25, 0.3) is 0 Å². The number of carbonyl (C=O) groups excluding carboxylic acids is 3. The van der Waals surface area contributed by atoms with E-state index in [1.54, 1.807) is 64.8 Å². The van der Waals surface area contributed by atoms with Gasteiger partial charge in [0.2, 0.25) is 11.8 Å². The van der Waals surface area contributed by atoms with Gasteiger partial charge in [0.15, 0.2) is 6.61 Å². The molecule has 0 saturated carbocycles. The molecule has 1 aromatic heterocycles. The Morgan fingerprint density at radius 3 is 2.55 bits per heavy atom. The number of anilines is 2. The van der Waals surface area contributed by atoms with E-state index >= 15 is 0 Å². The van der Waals surface area contributed by atoms with E-state index in [-0.39, 0.29) is 36.7 Å². The van der Waals surface area contributed by atoms with Crippen LogP contribution in [0.2, 0.25) is 5.02 Å². The summed E-state index contributed by atoms with van der Waals surface area (Å²) < 4.78 is 5.53. The third kappa shape index (κ3) is 6.12. The van der Waals surface area contributed by atoms with E-state index in [2.05, 4.69) is 10.6 Å². The van der Waals surface area contributed by atoms with Gasteiger partial charge in [-0.15, -0.1) is 11.3 Å². The van der Waals surface area contributed by atoms with Gasteiger partial charge in [0.1, 0.15) is 5.75 Å². The first-order chi connectivity index (χ1) is 16.0. The van der Waals surface area contributed by atoms with Gasteiger partial charge < -0.3 is 20.3 Å². The summed E-state index contributed by atoms with van der Waals surface area (Å²) in [5, 5.41) is 8.18. The number of ether oxygens (including phenoxy) is 1. The third-order valence-electron chi connectivity index (χ3n) is 5.16. The summed E-state index contributed by atoms with van der Waals surface area (Å²) in [4.78, 5) is 39.7. The van der Waals surface area contributed by atoms with Gasteiger partial charge in [-0.1, -0.05) is 17.7 Å². The first-order valence-corrected chi connectivity index (χ1v) is 11.6. The summed E-state index contributed by atoms with van der Waals surface area (Å²) in [5.41, 5.74) is 1.32. The lowest BCUT2D eigenvalue weighted by molar-refractivity contribution is -0.126. The average Bonchev–Trinajstić information content (AvgIpc) is 3.48. The molecule has 2 aromatic carbocycles. The van der Waals surface area contributed by atoms with Crippen molar-refractivity contribution in [1.82, 2.24) is 5.32 Å². The Hall–Kier alpha value is -3.36. The summed E-state index contributed by atoms with van der Waals surface area (Å²) in [7, 11) is 0. The number of thiophene rings is 1. The van der Waals surface area contributed by atoms with Crippen molar-refractivity contribution in [2.24, 2.45) is 5.92 Å². The maximum absolute atomic E-state index is 12.5. The minimum atomic E-state index is -0.384. The van der Waals surface area contributed by atoms with Gasteiger partial charge >= 0.3 is 0 Å². The van der Waals surface area contributed by atoms with Crippen LogP contribution in [0, 0.1) is 5.92 Å². The summed E-state index contributed by atoms with van der Waals surface area (Å²) in [6.45, 7) is 0.648. The Kier molecular flexibility index (Phi) is 7.26. The molecule has 1 fully saturated rings. The van der Waals surface area contributed by atoms with Crippen molar-refractivity contribution in [3.8, 4) is 5.75 Å². The molecule has 170 valence electrons. The lowest BCUT2D eigenvalue weighted by Gasteiger charge is -2.17. The van der Waals surface area contributed by atoms with Crippen molar-refractivity contribution in [1.29, 1.82) is 0 Å². The molecule has 7 nitrogen and oxygen atoms in total. The summed E-state index contributed by atoms with van der Waals surface area (Å²) in [5.74, 6) is -0.396. The Balaban J connectivity index is 1.26. The first kappa shape index (κ1) is 22.8. The van der Waals surface area contributed by atoms with Crippen molar-refractivity contribution in [2.75, 3.05) is 23.4 Å². The predicted molar refractivity (Wildman–Crippen MR) is 129 cm³/mol. The number of halogens is 1. The van der Waals surface area contributed by atoms with Crippen LogP contribution < -0.4 is 20.3 Å². The van der Waals surface area contributed by atoms with E-state index in [9.17, 15) is 14.4 Å². The standard InChI is InChI=1S/C24H22ClN3O4S/c25-17-3-5-18(6-4-17)27-22(29)15-32-20-9-7-19(8-10-20)28-14-16(12-23(28)30)24(31)26-13-21-2-1-11-33-21/h1-11,16H,12-15H2,(H,26,31)(H,27,29). The number of benzene rings is 2. The van der Waals surface area contributed by atoms with Crippen LogP contribution in [-0.2, 0) is 20.9 Å². The number of nitrogens with zero attached hydrogens (tertiary/aromatic N) is 1. The molecule has 1 unspecified atom stereocenters. The third-order valence-corrected chi connectivity index (χ3v) is 6.29. The Morgan fingerprint density at radius 1 is 1.09 bits per heavy atom. The number of hydrogen-bond donors (Lipinski definition) is 2. The number of rotatable bonds is 8. The van der Waals surface area contributed by atoms with Gasteiger partial charge in [0.25, 0.3) is 5.91 Å². The molecular weight excluding hydrogens is 462 g/mol. The second-order valence-corrected chi connectivity index (χ2v) is 9.01. The smallest absolute Gasteiger partial charge is 0.262 e. The Bertz CT molecular complexity index is 1120. The molecule has 0 aliphatic carbocycles. The van der Waals surface area contributed by atoms with Crippen LogP contribution in [0.1, 0.15) is 11.3 Å². The highest BCUT2D eigenvalue weighted by Crippen LogP contribution is 2.27. The fraction of sp³-hybridized carbons (Fsp3) is 0.208. The van der Waals surface area contributed by atoms with E-state index in [0.29, 0.717) is 35.2 Å². The highest BCUT2D eigenvalue weighted by atomic mass is 35.5. The molecule has 2 heterocycles. The molecule has 0 spiro atoms. The van der Waals surface area contributed by atoms with Gasteiger partial charge in [-0.25, -0.2) is 0 Å². The lowest BCUT2D eigenvalue weighted by atomic mass is 10.1. The average molecular weight is 484 g/mol. The molecule has 1 aliphatic heterocycles. The van der Waals surface area contributed by atoms with Crippen LogP contribution in [-0.4, -0.2) is 30.9 Å². The molecular formula is C24H22ClN3O4S. The van der Waals surface area contributed by atoms with Crippen molar-refractivity contribution in [2.45, 2.75) is 13.0 Å². The zero-order valence-electron chi connectivity index (χ0n) is 17.6. The molecule has 0 bridgehead atoms. The van der Waals surface area contributed by atoms with Gasteiger partial charge in [-0.3, -0.25) is 14.4 Å². The molecule has 9 heteroatoms. The van der Waals surface area contributed by atoms with Gasteiger partial charge in [0.05, 0.1) is 12.5 Å². The molecule has 3 amide bonds. The molecule has 4 rings (SSSR count). The van der Waals surface area contributed by atoms with E-state index in [1.807, 2.05) is 17.5 Å². The van der Waals surface area contributed by atoms with Crippen LogP contribution in [0.15, 0.2) is 66.0 Å². The lowest BCUT2D eigenvalue weighted by Crippen LogP contribution is -2.32. The molecule has 1 saturated heterocycles. The predicted octanol–water partition coefficient (Wildman–Crippen LogP) is 4.09. The van der Waals surface area contributed by atoms with Crippen LogP contribution >= 0.6 is 22.9 Å². The van der Waals surface area contributed by atoms with Crippen molar-refractivity contribution in [3.63, 3.8) is 0 Å². The maximum atomic E-state index is 12.5. The Labute approximate surface area is 200 Å². The largest absolute Gasteiger partial charge is 0.484 e. The van der Waals surface area contributed by atoms with Gasteiger partial charge in [-0.2, -0.15) is 0 Å². The molecule has 3 aromatic rings. The molecule has 1 atom stereocenters. The normalized spacial score (nSPS) is 15.4. The highest BCUT2D eigenvalue weighted by molar-refractivity contribution is 7.09. The van der Waals surface area contributed by atoms with Crippen LogP contribution in [0.3, 0.4) is 0 Å². The first-order valence-electron chi connectivity index (χ1n) is 10.4. The summed E-state index contributed by atoms with van der Waals surface area (Å²) in [6, 6.07) is 17.6. The van der Waals surface area contributed by atoms with Crippen molar-refractivity contribution in [3.05, 3.63) is 75.9 Å². The van der Waals surface area contributed by atoms with E-state index < -0.39 is 0 Å². The van der Waals surface area contributed by atoms with Gasteiger partial charge in [-0.05, 0) is 60.0 Å². The van der Waals surface area contributed by atoms with Crippen molar-refractivity contribution < 1.29 is 19.1 Å². The Morgan fingerprint density at radius 2 is 1.85 bits per heavy atom. The van der Waals surface area contributed by atoms with E-state index in [4.69, 9.17) is 16.3 Å². The van der Waals surface area contributed by atoms with E-state index in [1.165, 1.54) is 0 Å². The minimum absolute atomic E-state index is 0.0951. The maximum Gasteiger partial charge on any atom is 0.262 e. The number of carbonyl (C=O) groups is 3. The quantitative estimate of drug-likeness (QED) is 0.505. The van der Waals surface area contributed by atoms with Gasteiger partial charge in [0, 0.05) is 34.2 Å². The second-order valence-electron chi connectivity index (χ2n) is 7.54. The zero-order chi connectivity index (χ0) is 23.2. The summed E-state index contributed by atoms with van der Waals surface area (Å²) >= 11 is 7.41. The molecule has 0 radical (unpaired) electrons. The number of hydrogen-bond acceptors (Lipinski definition) is 5. The summed E-state index contributed by atoms with van der Waals surface area (Å²) in [6.07, 6.45) is 0.180. The topological polar surface area (TPSA) is 87.7 Å². The van der Waals surface area contributed by atoms with Crippen LogP contribution in [0.5, 0.6) is 5.75 Å². The van der Waals surface area contributed by atoms with E-state index in [0.717, 1.165) is 4.88 Å². The highest BCUT2D eigenvalue weighted by Gasteiger charge is 2.35. The van der Waals surface area contributed by atoms with Crippen molar-refractivity contribution >= 4 is 52.0 Å². The monoisotopic (exact) mass is 483 g/mol. The molecule has 33 heavy (non-hydrogen) atoms. The molecule has 1 aliphatic rings. The zero-order valence-corrected chi connectivity index (χ0v) is 19.2. The SMILES string of the molecule is O=C(COc1ccc(N2CC(C(=O)NCc3cccs3)CC2=O)cc1)Nc1ccc(Cl)cc1. The number of amides is 3. The second kappa shape index (κ2) is 10.5. The number of nitrogens with one attached hydrogen (secondary N) is 2. The van der Waals surface area contributed by atoms with Crippen LogP contribution in [0.4, 0.5) is 11.4 Å². The fourth-order valence-corrected chi connectivity index (χ4v) is 4.24. The molecule has 2 N–H and O–H groups in total.